The Morgan fingerprint density at radius 1 is 1.15 bits per heavy atom. The number of pyridine rings is 1. The van der Waals surface area contributed by atoms with Crippen molar-refractivity contribution in [3.8, 4) is 17.0 Å². The molecule has 3 aromatic rings. The third-order valence-electron chi connectivity index (χ3n) is 4.77. The standard InChI is InChI=1S/C23H18ClF3N2O4/c1-33-22-17(13-5-4-6-15(9-13)23(25,26)27)10-14(12-28-22)21(32)29-19(11-20(30)31)16-7-2-3-8-18(16)24/h2-10,12,19H,11H2,1H3,(H,29,32)(H,30,31)/t19-/m0/s1. The normalized spacial score (nSPS) is 12.2. The van der Waals surface area contributed by atoms with Crippen LogP contribution in [0.5, 0.6) is 5.88 Å². The number of nitrogens with one attached hydrogen (secondary N) is 1. The number of hydrogen-bond donors (Lipinski definition) is 2. The monoisotopic (exact) mass is 478 g/mol. The lowest BCUT2D eigenvalue weighted by atomic mass is 10.0. The lowest BCUT2D eigenvalue weighted by molar-refractivity contribution is -0.138. The van der Waals surface area contributed by atoms with Gasteiger partial charge in [0, 0.05) is 16.8 Å². The Bertz CT molecular complexity index is 1180. The summed E-state index contributed by atoms with van der Waals surface area (Å²) in [4.78, 5) is 28.3. The fraction of sp³-hybridized carbons (Fsp3) is 0.174. The number of hydrogen-bond acceptors (Lipinski definition) is 4. The van der Waals surface area contributed by atoms with Crippen LogP contribution in [0.4, 0.5) is 13.2 Å². The minimum absolute atomic E-state index is 0.00524. The first-order chi connectivity index (χ1) is 15.6. The van der Waals surface area contributed by atoms with Crippen LogP contribution in [0.3, 0.4) is 0 Å². The summed E-state index contributed by atoms with van der Waals surface area (Å²) in [7, 11) is 1.31. The largest absolute Gasteiger partial charge is 0.481 e. The van der Waals surface area contributed by atoms with Crippen molar-refractivity contribution >= 4 is 23.5 Å². The van der Waals surface area contributed by atoms with Gasteiger partial charge in [-0.05, 0) is 35.4 Å². The quantitative estimate of drug-likeness (QED) is 0.476. The molecule has 2 N–H and O–H groups in total. The summed E-state index contributed by atoms with van der Waals surface area (Å²) in [6.07, 6.45) is -3.79. The molecule has 10 heteroatoms. The van der Waals surface area contributed by atoms with E-state index in [-0.39, 0.29) is 27.6 Å². The van der Waals surface area contributed by atoms with Crippen molar-refractivity contribution < 1.29 is 32.6 Å². The van der Waals surface area contributed by atoms with E-state index in [4.69, 9.17) is 16.3 Å². The zero-order valence-electron chi connectivity index (χ0n) is 17.2. The van der Waals surface area contributed by atoms with Crippen LogP contribution >= 0.6 is 11.6 Å². The molecule has 3 rings (SSSR count). The molecular formula is C23H18ClF3N2O4. The SMILES string of the molecule is COc1ncc(C(=O)N[C@@H](CC(=O)O)c2ccccc2Cl)cc1-c1cccc(C(F)(F)F)c1. The third kappa shape index (κ3) is 5.81. The molecule has 0 radical (unpaired) electrons. The van der Waals surface area contributed by atoms with E-state index in [2.05, 4.69) is 10.3 Å². The fourth-order valence-corrected chi connectivity index (χ4v) is 3.49. The highest BCUT2D eigenvalue weighted by molar-refractivity contribution is 6.31. The predicted molar refractivity (Wildman–Crippen MR) is 115 cm³/mol. The number of aromatic nitrogens is 1. The molecule has 0 saturated heterocycles. The molecule has 0 unspecified atom stereocenters. The van der Waals surface area contributed by atoms with E-state index in [1.807, 2.05) is 0 Å². The van der Waals surface area contributed by atoms with Crippen molar-refractivity contribution in [1.29, 1.82) is 0 Å². The number of carboxylic acid groups (broad SMARTS) is 1. The number of carbonyl (C=O) groups is 2. The van der Waals surface area contributed by atoms with E-state index in [1.54, 1.807) is 24.3 Å². The number of ether oxygens (including phenoxy) is 1. The maximum Gasteiger partial charge on any atom is 0.416 e. The summed E-state index contributed by atoms with van der Waals surface area (Å²) < 4.78 is 44.6. The van der Waals surface area contributed by atoms with Crippen LogP contribution in [-0.4, -0.2) is 29.1 Å². The van der Waals surface area contributed by atoms with Gasteiger partial charge in [-0.25, -0.2) is 4.98 Å². The molecule has 0 bridgehead atoms. The first-order valence-electron chi connectivity index (χ1n) is 9.59. The molecule has 1 amide bonds. The summed E-state index contributed by atoms with van der Waals surface area (Å²) in [6.45, 7) is 0. The number of aliphatic carboxylic acids is 1. The Labute approximate surface area is 192 Å². The number of nitrogens with zero attached hydrogens (tertiary/aromatic N) is 1. The van der Waals surface area contributed by atoms with Gasteiger partial charge in [0.05, 0.1) is 30.7 Å². The van der Waals surface area contributed by atoms with Gasteiger partial charge < -0.3 is 15.2 Å². The maximum atomic E-state index is 13.1. The van der Waals surface area contributed by atoms with E-state index in [1.165, 1.54) is 31.5 Å². The van der Waals surface area contributed by atoms with Gasteiger partial charge >= 0.3 is 12.1 Å². The zero-order valence-corrected chi connectivity index (χ0v) is 17.9. The second-order valence-corrected chi connectivity index (χ2v) is 7.41. The van der Waals surface area contributed by atoms with Gasteiger partial charge in [-0.1, -0.05) is 41.9 Å². The maximum absolute atomic E-state index is 13.1. The van der Waals surface area contributed by atoms with Crippen molar-refractivity contribution in [2.24, 2.45) is 0 Å². The Balaban J connectivity index is 1.97. The van der Waals surface area contributed by atoms with E-state index in [9.17, 15) is 27.9 Å². The van der Waals surface area contributed by atoms with Crippen molar-refractivity contribution in [1.82, 2.24) is 10.3 Å². The minimum Gasteiger partial charge on any atom is -0.481 e. The molecule has 1 heterocycles. The molecule has 172 valence electrons. The van der Waals surface area contributed by atoms with Gasteiger partial charge in [0.2, 0.25) is 5.88 Å². The molecule has 0 saturated carbocycles. The van der Waals surface area contributed by atoms with Crippen LogP contribution in [0, 0.1) is 0 Å². The highest BCUT2D eigenvalue weighted by Gasteiger charge is 2.31. The number of benzene rings is 2. The molecule has 1 atom stereocenters. The van der Waals surface area contributed by atoms with Crippen LogP contribution in [0.25, 0.3) is 11.1 Å². The number of amides is 1. The number of alkyl halides is 3. The second kappa shape index (κ2) is 9.91. The average Bonchev–Trinajstić information content (AvgIpc) is 2.77. The molecule has 0 aliphatic carbocycles. The molecule has 2 aromatic carbocycles. The van der Waals surface area contributed by atoms with Crippen LogP contribution < -0.4 is 10.1 Å². The van der Waals surface area contributed by atoms with Crippen molar-refractivity contribution in [3.63, 3.8) is 0 Å². The molecule has 6 nitrogen and oxygen atoms in total. The van der Waals surface area contributed by atoms with Crippen LogP contribution in [-0.2, 0) is 11.0 Å². The Kier molecular flexibility index (Phi) is 7.23. The van der Waals surface area contributed by atoms with Crippen molar-refractivity contribution in [2.45, 2.75) is 18.6 Å². The highest BCUT2D eigenvalue weighted by atomic mass is 35.5. The van der Waals surface area contributed by atoms with Gasteiger partial charge in [-0.15, -0.1) is 0 Å². The van der Waals surface area contributed by atoms with Gasteiger partial charge in [0.1, 0.15) is 0 Å². The lowest BCUT2D eigenvalue weighted by Gasteiger charge is -2.19. The molecule has 0 fully saturated rings. The van der Waals surface area contributed by atoms with Gasteiger partial charge in [-0.2, -0.15) is 13.2 Å². The zero-order chi connectivity index (χ0) is 24.2. The molecule has 0 aliphatic rings. The first kappa shape index (κ1) is 24.1. The fourth-order valence-electron chi connectivity index (χ4n) is 3.22. The van der Waals surface area contributed by atoms with Crippen molar-refractivity contribution in [3.05, 3.63) is 82.5 Å². The summed E-state index contributed by atoms with van der Waals surface area (Å²) in [6, 6.07) is 11.4. The van der Waals surface area contributed by atoms with Crippen LogP contribution in [0.1, 0.15) is 33.9 Å². The molecule has 33 heavy (non-hydrogen) atoms. The number of rotatable bonds is 7. The van der Waals surface area contributed by atoms with Crippen molar-refractivity contribution in [2.75, 3.05) is 7.11 Å². The number of halogens is 4. The smallest absolute Gasteiger partial charge is 0.416 e. The molecule has 1 aromatic heterocycles. The van der Waals surface area contributed by atoms with Crippen LogP contribution in [0.15, 0.2) is 60.8 Å². The Morgan fingerprint density at radius 2 is 1.88 bits per heavy atom. The highest BCUT2D eigenvalue weighted by Crippen LogP contribution is 2.35. The third-order valence-corrected chi connectivity index (χ3v) is 5.12. The average molecular weight is 479 g/mol. The molecule has 0 spiro atoms. The van der Waals surface area contributed by atoms with E-state index in [0.29, 0.717) is 5.56 Å². The van der Waals surface area contributed by atoms with E-state index >= 15 is 0 Å². The lowest BCUT2D eigenvalue weighted by Crippen LogP contribution is -2.30. The second-order valence-electron chi connectivity index (χ2n) is 7.00. The van der Waals surface area contributed by atoms with Gasteiger partial charge in [-0.3, -0.25) is 9.59 Å². The van der Waals surface area contributed by atoms with Crippen LogP contribution in [0.2, 0.25) is 5.02 Å². The minimum atomic E-state index is -4.55. The summed E-state index contributed by atoms with van der Waals surface area (Å²) in [5, 5.41) is 12.1. The topological polar surface area (TPSA) is 88.5 Å². The summed E-state index contributed by atoms with van der Waals surface area (Å²) in [5.74, 6) is -1.80. The number of methoxy groups -OCH3 is 1. The molecule has 0 aliphatic heterocycles. The Hall–Kier alpha value is -3.59. The number of carbonyl (C=O) groups excluding carboxylic acids is 1. The first-order valence-corrected chi connectivity index (χ1v) is 9.96. The molecular weight excluding hydrogens is 461 g/mol. The number of carboxylic acids is 1. The van der Waals surface area contributed by atoms with E-state index < -0.39 is 36.1 Å². The summed E-state index contributed by atoms with van der Waals surface area (Å²) >= 11 is 6.16. The van der Waals surface area contributed by atoms with Gasteiger partial charge in [0.15, 0.2) is 0 Å². The van der Waals surface area contributed by atoms with E-state index in [0.717, 1.165) is 12.1 Å². The van der Waals surface area contributed by atoms with Gasteiger partial charge in [0.25, 0.3) is 5.91 Å². The Morgan fingerprint density at radius 3 is 2.52 bits per heavy atom. The summed E-state index contributed by atoms with van der Waals surface area (Å²) in [5.41, 5.74) is -0.127. The predicted octanol–water partition coefficient (Wildman–Crippen LogP) is 5.38.